The number of anilines is 1. The largest absolute Gasteiger partial charge is 0.506 e. The van der Waals surface area contributed by atoms with Crippen molar-refractivity contribution in [3.05, 3.63) is 52.5 Å². The average Bonchev–Trinajstić information content (AvgIpc) is 3.21. The van der Waals surface area contributed by atoms with Gasteiger partial charge in [0.25, 0.3) is 5.91 Å². The number of nitriles is 1. The van der Waals surface area contributed by atoms with E-state index in [1.807, 2.05) is 35.2 Å². The van der Waals surface area contributed by atoms with Crippen molar-refractivity contribution in [2.45, 2.75) is 18.9 Å². The van der Waals surface area contributed by atoms with Crippen LogP contribution in [-0.4, -0.2) is 34.5 Å². The van der Waals surface area contributed by atoms with Crippen LogP contribution in [0.5, 0.6) is 5.75 Å². The van der Waals surface area contributed by atoms with Crippen LogP contribution in [0, 0.1) is 11.3 Å². The maximum Gasteiger partial charge on any atom is 0.256 e. The molecule has 26 heavy (non-hydrogen) atoms. The first-order valence-electron chi connectivity index (χ1n) is 8.27. The molecule has 0 aliphatic carbocycles. The first-order chi connectivity index (χ1) is 12.6. The van der Waals surface area contributed by atoms with E-state index in [0.717, 1.165) is 29.5 Å². The topological polar surface area (TPSA) is 79.9 Å². The van der Waals surface area contributed by atoms with E-state index < -0.39 is 0 Å². The van der Waals surface area contributed by atoms with Crippen LogP contribution >= 0.6 is 15.9 Å². The van der Waals surface area contributed by atoms with Crippen molar-refractivity contribution in [2.24, 2.45) is 4.99 Å². The number of hydrogen-bond donors (Lipinski definition) is 1. The quantitative estimate of drug-likeness (QED) is 0.820. The van der Waals surface area contributed by atoms with Gasteiger partial charge in [-0.2, -0.15) is 5.26 Å². The number of amides is 1. The first kappa shape index (κ1) is 16.6. The third-order valence-corrected chi connectivity index (χ3v) is 5.30. The van der Waals surface area contributed by atoms with Crippen molar-refractivity contribution in [2.75, 3.05) is 11.4 Å². The zero-order valence-corrected chi connectivity index (χ0v) is 15.3. The van der Waals surface area contributed by atoms with Crippen LogP contribution in [-0.2, 0) is 4.79 Å². The maximum absolute atomic E-state index is 13.0. The van der Waals surface area contributed by atoms with Gasteiger partial charge in [0, 0.05) is 11.0 Å². The van der Waals surface area contributed by atoms with Crippen LogP contribution in [0.2, 0.25) is 0 Å². The van der Waals surface area contributed by atoms with Gasteiger partial charge in [-0.3, -0.25) is 4.79 Å². The number of halogens is 1. The molecule has 0 unspecified atom stereocenters. The molecule has 2 aliphatic heterocycles. The highest BCUT2D eigenvalue weighted by molar-refractivity contribution is 9.10. The minimum absolute atomic E-state index is 0.0127. The molecule has 0 bridgehead atoms. The van der Waals surface area contributed by atoms with Gasteiger partial charge >= 0.3 is 0 Å². The third kappa shape index (κ3) is 2.63. The number of rotatable bonds is 2. The minimum Gasteiger partial charge on any atom is -0.506 e. The van der Waals surface area contributed by atoms with Gasteiger partial charge in [-0.1, -0.05) is 12.1 Å². The number of aliphatic imine (C=N–C) groups is 1. The lowest BCUT2D eigenvalue weighted by Gasteiger charge is -2.21. The number of fused-ring (bicyclic) bond motifs is 1. The zero-order valence-electron chi connectivity index (χ0n) is 13.8. The van der Waals surface area contributed by atoms with Crippen molar-refractivity contribution in [3.8, 4) is 11.8 Å². The van der Waals surface area contributed by atoms with Crippen LogP contribution in [0.3, 0.4) is 0 Å². The van der Waals surface area contributed by atoms with Crippen molar-refractivity contribution >= 4 is 39.2 Å². The van der Waals surface area contributed by atoms with Crippen molar-refractivity contribution in [3.63, 3.8) is 0 Å². The van der Waals surface area contributed by atoms with E-state index in [1.165, 1.54) is 6.07 Å². The lowest BCUT2D eigenvalue weighted by Crippen LogP contribution is -2.34. The van der Waals surface area contributed by atoms with Gasteiger partial charge in [-0.05, 0) is 59.1 Å². The maximum atomic E-state index is 13.0. The number of phenolic OH excluding ortho intramolecular Hbond substituents is 1. The standard InChI is InChI=1S/C19H15BrN4O2/c20-13-4-1-2-5-15(13)24-18(26)16-6-3-9-23(16)19(24)22-14-8-7-12(11-21)10-17(14)25/h1-2,4-5,7-8,10,16,25H,3,6,9H2/t16-/m0/s1. The third-order valence-electron chi connectivity index (χ3n) is 4.63. The summed E-state index contributed by atoms with van der Waals surface area (Å²) in [5.41, 5.74) is 1.41. The highest BCUT2D eigenvalue weighted by Gasteiger charge is 2.47. The number of hydrogen-bond acceptors (Lipinski definition) is 4. The molecule has 2 aromatic carbocycles. The Kier molecular flexibility index (Phi) is 4.13. The Morgan fingerprint density at radius 2 is 2.08 bits per heavy atom. The van der Waals surface area contributed by atoms with Gasteiger partial charge in [0.15, 0.2) is 0 Å². The molecule has 0 radical (unpaired) electrons. The SMILES string of the molecule is N#Cc1ccc(N=C2N(c3ccccc3Br)C(=O)[C@@H]3CCCN23)c(O)c1. The second-order valence-electron chi connectivity index (χ2n) is 6.20. The van der Waals surface area contributed by atoms with Gasteiger partial charge < -0.3 is 10.0 Å². The lowest BCUT2D eigenvalue weighted by molar-refractivity contribution is -0.119. The summed E-state index contributed by atoms with van der Waals surface area (Å²) in [6.07, 6.45) is 1.72. The first-order valence-corrected chi connectivity index (χ1v) is 9.06. The van der Waals surface area contributed by atoms with E-state index in [2.05, 4.69) is 20.9 Å². The summed E-state index contributed by atoms with van der Waals surface area (Å²) in [4.78, 5) is 21.2. The highest BCUT2D eigenvalue weighted by atomic mass is 79.9. The van der Waals surface area contributed by atoms with E-state index in [-0.39, 0.29) is 17.7 Å². The molecule has 1 atom stereocenters. The summed E-state index contributed by atoms with van der Waals surface area (Å²) in [6, 6.07) is 13.8. The predicted octanol–water partition coefficient (Wildman–Crippen LogP) is 3.53. The van der Waals surface area contributed by atoms with Crippen LogP contribution in [0.15, 0.2) is 51.9 Å². The molecule has 4 rings (SSSR count). The molecule has 130 valence electrons. The second-order valence-corrected chi connectivity index (χ2v) is 7.06. The normalized spacial score (nSPS) is 20.5. The smallest absolute Gasteiger partial charge is 0.256 e. The Labute approximate surface area is 159 Å². The number of benzene rings is 2. The summed E-state index contributed by atoms with van der Waals surface area (Å²) in [7, 11) is 0. The van der Waals surface area contributed by atoms with E-state index in [9.17, 15) is 9.90 Å². The molecule has 2 heterocycles. The van der Waals surface area contributed by atoms with Gasteiger partial charge in [-0.15, -0.1) is 0 Å². The van der Waals surface area contributed by atoms with Crippen molar-refractivity contribution < 1.29 is 9.90 Å². The Bertz CT molecular complexity index is 966. The Hall–Kier alpha value is -2.85. The number of carbonyl (C=O) groups excluding carboxylic acids is 1. The Balaban J connectivity index is 1.84. The number of nitrogens with zero attached hydrogens (tertiary/aromatic N) is 4. The molecule has 6 nitrogen and oxygen atoms in total. The monoisotopic (exact) mass is 410 g/mol. The molecule has 2 fully saturated rings. The van der Waals surface area contributed by atoms with Gasteiger partial charge in [0.1, 0.15) is 17.5 Å². The lowest BCUT2D eigenvalue weighted by atomic mass is 10.2. The predicted molar refractivity (Wildman–Crippen MR) is 101 cm³/mol. The van der Waals surface area contributed by atoms with Gasteiger partial charge in [0.05, 0.1) is 17.3 Å². The fraction of sp³-hybridized carbons (Fsp3) is 0.211. The molecule has 1 amide bonds. The summed E-state index contributed by atoms with van der Waals surface area (Å²) in [5.74, 6) is 0.407. The minimum atomic E-state index is -0.221. The number of para-hydroxylation sites is 1. The molecular formula is C19H15BrN4O2. The molecule has 0 spiro atoms. The molecule has 7 heteroatoms. The van der Waals surface area contributed by atoms with E-state index in [0.29, 0.717) is 17.2 Å². The second kappa shape index (κ2) is 6.46. The van der Waals surface area contributed by atoms with Crippen LogP contribution in [0.4, 0.5) is 11.4 Å². The molecule has 2 saturated heterocycles. The van der Waals surface area contributed by atoms with Crippen molar-refractivity contribution in [1.29, 1.82) is 5.26 Å². The van der Waals surface area contributed by atoms with Gasteiger partial charge in [0.2, 0.25) is 5.96 Å². The van der Waals surface area contributed by atoms with Crippen LogP contribution < -0.4 is 4.90 Å². The molecule has 1 N–H and O–H groups in total. The summed E-state index contributed by atoms with van der Waals surface area (Å²) in [6.45, 7) is 0.743. The zero-order chi connectivity index (χ0) is 18.3. The highest BCUT2D eigenvalue weighted by Crippen LogP contribution is 2.37. The Morgan fingerprint density at radius 1 is 1.27 bits per heavy atom. The molecule has 2 aliphatic rings. The summed E-state index contributed by atoms with van der Waals surface area (Å²) in [5, 5.41) is 19.2. The van der Waals surface area contributed by atoms with E-state index in [4.69, 9.17) is 5.26 Å². The van der Waals surface area contributed by atoms with Gasteiger partial charge in [-0.25, -0.2) is 9.89 Å². The molecular weight excluding hydrogens is 396 g/mol. The van der Waals surface area contributed by atoms with Crippen molar-refractivity contribution in [1.82, 2.24) is 4.90 Å². The fourth-order valence-electron chi connectivity index (χ4n) is 3.41. The van der Waals surface area contributed by atoms with E-state index in [1.54, 1.807) is 17.0 Å². The number of aromatic hydroxyl groups is 1. The summed E-state index contributed by atoms with van der Waals surface area (Å²) >= 11 is 3.51. The molecule has 0 aromatic heterocycles. The fourth-order valence-corrected chi connectivity index (χ4v) is 3.87. The molecule has 2 aromatic rings. The summed E-state index contributed by atoms with van der Waals surface area (Å²) < 4.78 is 0.797. The number of carbonyl (C=O) groups is 1. The number of phenols is 1. The van der Waals surface area contributed by atoms with E-state index >= 15 is 0 Å². The Morgan fingerprint density at radius 3 is 2.81 bits per heavy atom. The van der Waals surface area contributed by atoms with Crippen LogP contribution in [0.1, 0.15) is 18.4 Å². The van der Waals surface area contributed by atoms with Crippen LogP contribution in [0.25, 0.3) is 0 Å². The molecule has 0 saturated carbocycles. The average molecular weight is 411 g/mol. The number of guanidine groups is 1.